The monoisotopic (exact) mass is 236 g/mol. The third-order valence-corrected chi connectivity index (χ3v) is 2.37. The van der Waals surface area contributed by atoms with Crippen molar-refractivity contribution in [2.24, 2.45) is 0 Å². The predicted octanol–water partition coefficient (Wildman–Crippen LogP) is 1.91. The van der Waals surface area contributed by atoms with E-state index in [1.165, 1.54) is 17.0 Å². The van der Waals surface area contributed by atoms with Crippen molar-refractivity contribution in [3.63, 3.8) is 0 Å². The summed E-state index contributed by atoms with van der Waals surface area (Å²) in [7, 11) is 0. The SMILES string of the molecule is CCN(CCC#N)C(=O)c1c(O)cccc1F. The summed E-state index contributed by atoms with van der Waals surface area (Å²) in [5.41, 5.74) is -0.340. The summed E-state index contributed by atoms with van der Waals surface area (Å²) in [6.07, 6.45) is 0.175. The summed E-state index contributed by atoms with van der Waals surface area (Å²) >= 11 is 0. The molecule has 0 spiro atoms. The minimum atomic E-state index is -0.759. The largest absolute Gasteiger partial charge is 0.507 e. The number of phenols is 1. The smallest absolute Gasteiger partial charge is 0.260 e. The molecular formula is C12H13FN2O2. The third-order valence-electron chi connectivity index (χ3n) is 2.37. The fourth-order valence-corrected chi connectivity index (χ4v) is 1.47. The lowest BCUT2D eigenvalue weighted by Crippen LogP contribution is -2.32. The van der Waals surface area contributed by atoms with Crippen LogP contribution in [0.15, 0.2) is 18.2 Å². The molecule has 1 N–H and O–H groups in total. The van der Waals surface area contributed by atoms with Gasteiger partial charge in [0.2, 0.25) is 0 Å². The molecule has 0 fully saturated rings. The lowest BCUT2D eigenvalue weighted by atomic mass is 10.1. The van der Waals surface area contributed by atoms with Gasteiger partial charge in [-0.15, -0.1) is 0 Å². The van der Waals surface area contributed by atoms with Gasteiger partial charge in [-0.25, -0.2) is 4.39 Å². The summed E-state index contributed by atoms with van der Waals surface area (Å²) in [6, 6.07) is 5.62. The summed E-state index contributed by atoms with van der Waals surface area (Å²) in [5.74, 6) is -1.74. The van der Waals surface area contributed by atoms with E-state index in [-0.39, 0.29) is 24.3 Å². The lowest BCUT2D eigenvalue weighted by molar-refractivity contribution is 0.0760. The van der Waals surface area contributed by atoms with Crippen LogP contribution in [-0.4, -0.2) is 29.0 Å². The number of carbonyl (C=O) groups excluding carboxylic acids is 1. The first kappa shape index (κ1) is 13.0. The summed E-state index contributed by atoms with van der Waals surface area (Å²) in [5, 5.41) is 17.9. The molecule has 5 heteroatoms. The second kappa shape index (κ2) is 5.85. The Bertz CT molecular complexity index is 434. The van der Waals surface area contributed by atoms with Crippen LogP contribution in [0.4, 0.5) is 4.39 Å². The number of halogens is 1. The van der Waals surface area contributed by atoms with E-state index in [4.69, 9.17) is 5.26 Å². The Morgan fingerprint density at radius 1 is 1.59 bits per heavy atom. The first-order chi connectivity index (χ1) is 8.11. The molecule has 4 nitrogen and oxygen atoms in total. The highest BCUT2D eigenvalue weighted by molar-refractivity contribution is 5.97. The quantitative estimate of drug-likeness (QED) is 0.868. The van der Waals surface area contributed by atoms with Gasteiger partial charge in [0.1, 0.15) is 17.1 Å². The molecular weight excluding hydrogens is 223 g/mol. The average molecular weight is 236 g/mol. The highest BCUT2D eigenvalue weighted by Gasteiger charge is 2.21. The van der Waals surface area contributed by atoms with Gasteiger partial charge < -0.3 is 10.0 Å². The number of nitriles is 1. The van der Waals surface area contributed by atoms with E-state index in [9.17, 15) is 14.3 Å². The van der Waals surface area contributed by atoms with Crippen LogP contribution in [0.5, 0.6) is 5.75 Å². The van der Waals surface area contributed by atoms with Crippen LogP contribution in [0, 0.1) is 17.1 Å². The first-order valence-corrected chi connectivity index (χ1v) is 5.25. The third kappa shape index (κ3) is 2.94. The van der Waals surface area contributed by atoms with Crippen molar-refractivity contribution in [2.45, 2.75) is 13.3 Å². The molecule has 1 aromatic rings. The molecule has 0 atom stereocenters. The normalized spacial score (nSPS) is 9.71. The lowest BCUT2D eigenvalue weighted by Gasteiger charge is -2.20. The van der Waals surface area contributed by atoms with Gasteiger partial charge in [-0.05, 0) is 19.1 Å². The zero-order chi connectivity index (χ0) is 12.8. The van der Waals surface area contributed by atoms with E-state index < -0.39 is 11.7 Å². The van der Waals surface area contributed by atoms with Gasteiger partial charge in [0.05, 0.1) is 12.5 Å². The van der Waals surface area contributed by atoms with E-state index in [0.29, 0.717) is 6.54 Å². The van der Waals surface area contributed by atoms with Gasteiger partial charge in [-0.3, -0.25) is 4.79 Å². The zero-order valence-electron chi connectivity index (χ0n) is 9.48. The van der Waals surface area contributed by atoms with Crippen molar-refractivity contribution in [1.82, 2.24) is 4.90 Å². The van der Waals surface area contributed by atoms with Gasteiger partial charge in [-0.1, -0.05) is 6.07 Å². The Balaban J connectivity index is 2.98. The molecule has 0 heterocycles. The number of hydrogen-bond acceptors (Lipinski definition) is 3. The minimum Gasteiger partial charge on any atom is -0.507 e. The molecule has 0 saturated carbocycles. The Kier molecular flexibility index (Phi) is 4.46. The second-order valence-corrected chi connectivity index (χ2v) is 3.43. The fourth-order valence-electron chi connectivity index (χ4n) is 1.47. The number of benzene rings is 1. The number of aromatic hydroxyl groups is 1. The number of nitrogens with zero attached hydrogens (tertiary/aromatic N) is 2. The van der Waals surface area contributed by atoms with Crippen LogP contribution in [-0.2, 0) is 0 Å². The zero-order valence-corrected chi connectivity index (χ0v) is 9.48. The maximum absolute atomic E-state index is 13.4. The molecule has 1 aromatic carbocycles. The van der Waals surface area contributed by atoms with E-state index >= 15 is 0 Å². The van der Waals surface area contributed by atoms with Crippen molar-refractivity contribution in [1.29, 1.82) is 5.26 Å². The Morgan fingerprint density at radius 2 is 2.29 bits per heavy atom. The highest BCUT2D eigenvalue weighted by atomic mass is 19.1. The minimum absolute atomic E-state index is 0.175. The predicted molar refractivity (Wildman–Crippen MR) is 59.9 cm³/mol. The van der Waals surface area contributed by atoms with Crippen LogP contribution in [0.2, 0.25) is 0 Å². The first-order valence-electron chi connectivity index (χ1n) is 5.25. The van der Waals surface area contributed by atoms with Crippen LogP contribution < -0.4 is 0 Å². The molecule has 0 aliphatic carbocycles. The summed E-state index contributed by atoms with van der Waals surface area (Å²) in [6.45, 7) is 2.31. The molecule has 0 saturated heterocycles. The number of rotatable bonds is 4. The maximum Gasteiger partial charge on any atom is 0.260 e. The molecule has 1 rings (SSSR count). The maximum atomic E-state index is 13.4. The van der Waals surface area contributed by atoms with Gasteiger partial charge in [-0.2, -0.15) is 5.26 Å². The second-order valence-electron chi connectivity index (χ2n) is 3.43. The number of amides is 1. The van der Waals surface area contributed by atoms with Gasteiger partial charge in [0.25, 0.3) is 5.91 Å². The van der Waals surface area contributed by atoms with Crippen LogP contribution in [0.25, 0.3) is 0 Å². The van der Waals surface area contributed by atoms with Crippen LogP contribution >= 0.6 is 0 Å². The molecule has 0 aromatic heterocycles. The number of phenolic OH excluding ortho intramolecular Hbond substituents is 1. The van der Waals surface area contributed by atoms with E-state index in [2.05, 4.69) is 0 Å². The molecule has 17 heavy (non-hydrogen) atoms. The van der Waals surface area contributed by atoms with Crippen molar-refractivity contribution < 1.29 is 14.3 Å². The van der Waals surface area contributed by atoms with E-state index in [1.807, 2.05) is 6.07 Å². The Morgan fingerprint density at radius 3 is 2.82 bits per heavy atom. The summed E-state index contributed by atoms with van der Waals surface area (Å²) < 4.78 is 13.4. The molecule has 0 aliphatic heterocycles. The molecule has 90 valence electrons. The van der Waals surface area contributed by atoms with Crippen LogP contribution in [0.3, 0.4) is 0 Å². The van der Waals surface area contributed by atoms with Gasteiger partial charge in [0.15, 0.2) is 0 Å². The fraction of sp³-hybridized carbons (Fsp3) is 0.333. The topological polar surface area (TPSA) is 64.3 Å². The molecule has 1 amide bonds. The van der Waals surface area contributed by atoms with Crippen molar-refractivity contribution in [2.75, 3.05) is 13.1 Å². The molecule has 0 radical (unpaired) electrons. The van der Waals surface area contributed by atoms with Crippen molar-refractivity contribution >= 4 is 5.91 Å². The highest BCUT2D eigenvalue weighted by Crippen LogP contribution is 2.21. The van der Waals surface area contributed by atoms with Crippen molar-refractivity contribution in [3.8, 4) is 11.8 Å². The van der Waals surface area contributed by atoms with E-state index in [1.54, 1.807) is 6.92 Å². The average Bonchev–Trinajstić information content (AvgIpc) is 2.30. The number of carbonyl (C=O) groups is 1. The standard InChI is InChI=1S/C12H13FN2O2/c1-2-15(8-4-7-14)12(17)11-9(13)5-3-6-10(11)16/h3,5-6,16H,2,4,8H2,1H3. The van der Waals surface area contributed by atoms with E-state index in [0.717, 1.165) is 6.07 Å². The molecule has 0 bridgehead atoms. The molecule has 0 aliphatic rings. The summed E-state index contributed by atoms with van der Waals surface area (Å²) in [4.78, 5) is 13.3. The number of hydrogen-bond donors (Lipinski definition) is 1. The molecule has 0 unspecified atom stereocenters. The van der Waals surface area contributed by atoms with Crippen LogP contribution in [0.1, 0.15) is 23.7 Å². The van der Waals surface area contributed by atoms with Gasteiger partial charge in [0, 0.05) is 13.1 Å². The van der Waals surface area contributed by atoms with Gasteiger partial charge >= 0.3 is 0 Å². The van der Waals surface area contributed by atoms with Crippen molar-refractivity contribution in [3.05, 3.63) is 29.6 Å². The Hall–Kier alpha value is -2.09. The Labute approximate surface area is 98.9 Å².